The first-order valence-electron chi connectivity index (χ1n) is 2.45. The lowest BCUT2D eigenvalue weighted by atomic mass is 10.4. The van der Waals surface area contributed by atoms with E-state index in [-0.39, 0.29) is 5.76 Å². The van der Waals surface area contributed by atoms with Gasteiger partial charge < -0.3 is 5.11 Å². The number of hydrogen-bond acceptors (Lipinski definition) is 1. The summed E-state index contributed by atoms with van der Waals surface area (Å²) in [5.74, 6) is 0.238. The van der Waals surface area contributed by atoms with Crippen LogP contribution in [0.1, 0.15) is 6.92 Å². The molecule has 0 aromatic carbocycles. The summed E-state index contributed by atoms with van der Waals surface area (Å²) in [5.41, 5.74) is 0. The van der Waals surface area contributed by atoms with Crippen molar-refractivity contribution < 1.29 is 5.11 Å². The molecule has 0 aliphatic carbocycles. The lowest BCUT2D eigenvalue weighted by Crippen LogP contribution is -1.68. The van der Waals surface area contributed by atoms with Crippen molar-refractivity contribution in [2.24, 2.45) is 0 Å². The number of allylic oxidation sites excluding steroid dienone is 4. The Kier molecular flexibility index (Phi) is 3.67. The highest BCUT2D eigenvalue weighted by Gasteiger charge is 1.74. The van der Waals surface area contributed by atoms with Gasteiger partial charge in [0.25, 0.3) is 0 Å². The molecule has 0 aliphatic rings. The molecule has 0 aromatic rings. The fourth-order valence-electron chi connectivity index (χ4n) is 0.347. The average Bonchev–Trinajstić information content (AvgIpc) is 1.68. The number of rotatable bonds is 2. The first-order chi connectivity index (χ1) is 3.81. The lowest BCUT2D eigenvalue weighted by molar-refractivity contribution is 0.432. The zero-order valence-electron chi connectivity index (χ0n) is 4.96. The smallest absolute Gasteiger partial charge is 0.115 e. The van der Waals surface area contributed by atoms with Gasteiger partial charge in [-0.3, -0.25) is 0 Å². The fourth-order valence-corrected chi connectivity index (χ4v) is 0.347. The standard InChI is InChI=1S/C7H10O/c1-3-5-7(8)6-4-2/h3-6,8H,1H2,2H3/b6-4+,7-5-. The second-order valence-electron chi connectivity index (χ2n) is 1.33. The number of hydrogen-bond donors (Lipinski definition) is 1. The molecule has 1 heteroatoms. The van der Waals surface area contributed by atoms with Crippen molar-refractivity contribution in [3.05, 3.63) is 36.6 Å². The van der Waals surface area contributed by atoms with Crippen molar-refractivity contribution in [3.8, 4) is 0 Å². The van der Waals surface area contributed by atoms with E-state index in [0.29, 0.717) is 0 Å². The molecule has 0 radical (unpaired) electrons. The Balaban J connectivity index is 3.79. The number of aliphatic hydroxyl groups excluding tert-OH is 1. The normalized spacial score (nSPS) is 12.4. The van der Waals surface area contributed by atoms with Crippen molar-refractivity contribution in [1.29, 1.82) is 0 Å². The van der Waals surface area contributed by atoms with Crippen LogP contribution in [0.3, 0.4) is 0 Å². The monoisotopic (exact) mass is 110 g/mol. The molecule has 0 amide bonds. The molecular formula is C7H10O. The molecule has 0 unspecified atom stereocenters. The highest BCUT2D eigenvalue weighted by atomic mass is 16.3. The summed E-state index contributed by atoms with van der Waals surface area (Å²) in [7, 11) is 0. The number of aliphatic hydroxyl groups is 1. The molecule has 0 saturated heterocycles. The fraction of sp³-hybridized carbons (Fsp3) is 0.143. The SMILES string of the molecule is C=C/C=C(O)/C=C/C. The van der Waals surface area contributed by atoms with Crippen LogP contribution < -0.4 is 0 Å². The van der Waals surface area contributed by atoms with Crippen LogP contribution in [-0.4, -0.2) is 5.11 Å². The van der Waals surface area contributed by atoms with E-state index in [2.05, 4.69) is 6.58 Å². The maximum atomic E-state index is 8.75. The third-order valence-corrected chi connectivity index (χ3v) is 0.626. The van der Waals surface area contributed by atoms with E-state index in [0.717, 1.165) is 0 Å². The predicted octanol–water partition coefficient (Wildman–Crippen LogP) is 2.19. The average molecular weight is 110 g/mol. The first kappa shape index (κ1) is 7.02. The molecule has 0 heterocycles. The molecule has 0 aliphatic heterocycles. The molecule has 1 nitrogen and oxygen atoms in total. The van der Waals surface area contributed by atoms with Crippen LogP contribution >= 0.6 is 0 Å². The van der Waals surface area contributed by atoms with Crippen molar-refractivity contribution >= 4 is 0 Å². The van der Waals surface area contributed by atoms with E-state index in [9.17, 15) is 0 Å². The van der Waals surface area contributed by atoms with Crippen LogP contribution in [0.5, 0.6) is 0 Å². The summed E-state index contributed by atoms with van der Waals surface area (Å²) in [6.07, 6.45) is 6.42. The van der Waals surface area contributed by atoms with Gasteiger partial charge in [-0.25, -0.2) is 0 Å². The molecule has 0 spiro atoms. The quantitative estimate of drug-likeness (QED) is 0.426. The van der Waals surface area contributed by atoms with E-state index in [1.165, 1.54) is 12.2 Å². The minimum Gasteiger partial charge on any atom is -0.508 e. The summed E-state index contributed by atoms with van der Waals surface area (Å²) in [4.78, 5) is 0. The molecular weight excluding hydrogens is 100 g/mol. The van der Waals surface area contributed by atoms with E-state index < -0.39 is 0 Å². The van der Waals surface area contributed by atoms with Crippen molar-refractivity contribution in [2.75, 3.05) is 0 Å². The van der Waals surface area contributed by atoms with Crippen LogP contribution in [0.15, 0.2) is 36.6 Å². The van der Waals surface area contributed by atoms with E-state index >= 15 is 0 Å². The van der Waals surface area contributed by atoms with Gasteiger partial charge in [-0.05, 0) is 19.1 Å². The molecule has 0 aromatic heterocycles. The Morgan fingerprint density at radius 3 is 2.62 bits per heavy atom. The van der Waals surface area contributed by atoms with Crippen LogP contribution in [0, 0.1) is 0 Å². The van der Waals surface area contributed by atoms with E-state index in [1.54, 1.807) is 12.2 Å². The minimum absolute atomic E-state index is 0.238. The zero-order chi connectivity index (χ0) is 6.41. The van der Waals surface area contributed by atoms with Crippen LogP contribution in [0.2, 0.25) is 0 Å². The van der Waals surface area contributed by atoms with Crippen molar-refractivity contribution in [3.63, 3.8) is 0 Å². The third kappa shape index (κ3) is 3.22. The Morgan fingerprint density at radius 1 is 1.62 bits per heavy atom. The topological polar surface area (TPSA) is 20.2 Å². The summed E-state index contributed by atoms with van der Waals surface area (Å²) in [5, 5.41) is 8.75. The summed E-state index contributed by atoms with van der Waals surface area (Å²) >= 11 is 0. The Labute approximate surface area is 49.7 Å². The van der Waals surface area contributed by atoms with Gasteiger partial charge in [-0.1, -0.05) is 18.7 Å². The van der Waals surface area contributed by atoms with Gasteiger partial charge >= 0.3 is 0 Å². The van der Waals surface area contributed by atoms with Crippen LogP contribution in [0.25, 0.3) is 0 Å². The molecule has 0 rings (SSSR count). The highest BCUT2D eigenvalue weighted by Crippen LogP contribution is 1.88. The van der Waals surface area contributed by atoms with E-state index in [4.69, 9.17) is 5.11 Å². The molecule has 0 atom stereocenters. The molecule has 44 valence electrons. The van der Waals surface area contributed by atoms with Gasteiger partial charge in [-0.2, -0.15) is 0 Å². The van der Waals surface area contributed by atoms with Gasteiger partial charge in [-0.15, -0.1) is 0 Å². The lowest BCUT2D eigenvalue weighted by Gasteiger charge is -1.82. The molecule has 1 N–H and O–H groups in total. The van der Waals surface area contributed by atoms with Crippen molar-refractivity contribution in [1.82, 2.24) is 0 Å². The molecule has 8 heavy (non-hydrogen) atoms. The maximum Gasteiger partial charge on any atom is 0.115 e. The van der Waals surface area contributed by atoms with Gasteiger partial charge in [0.2, 0.25) is 0 Å². The molecule has 0 bridgehead atoms. The second-order valence-corrected chi connectivity index (χ2v) is 1.33. The summed E-state index contributed by atoms with van der Waals surface area (Å²) in [6, 6.07) is 0. The zero-order valence-corrected chi connectivity index (χ0v) is 4.96. The Bertz CT molecular complexity index is 120. The van der Waals surface area contributed by atoms with Crippen LogP contribution in [0.4, 0.5) is 0 Å². The van der Waals surface area contributed by atoms with E-state index in [1.807, 2.05) is 6.92 Å². The second kappa shape index (κ2) is 4.19. The Hall–Kier alpha value is -0.980. The highest BCUT2D eigenvalue weighted by molar-refractivity contribution is 5.14. The predicted molar refractivity (Wildman–Crippen MR) is 35.7 cm³/mol. The summed E-state index contributed by atoms with van der Waals surface area (Å²) in [6.45, 7) is 5.25. The maximum absolute atomic E-state index is 8.75. The van der Waals surface area contributed by atoms with Crippen LogP contribution in [-0.2, 0) is 0 Å². The molecule has 0 fully saturated rings. The first-order valence-corrected chi connectivity index (χ1v) is 2.45. The largest absolute Gasteiger partial charge is 0.508 e. The van der Waals surface area contributed by atoms with Crippen molar-refractivity contribution in [2.45, 2.75) is 6.92 Å². The minimum atomic E-state index is 0.238. The van der Waals surface area contributed by atoms with Gasteiger partial charge in [0, 0.05) is 0 Å². The van der Waals surface area contributed by atoms with Gasteiger partial charge in [0.05, 0.1) is 0 Å². The third-order valence-electron chi connectivity index (χ3n) is 0.626. The van der Waals surface area contributed by atoms with Gasteiger partial charge in [0.1, 0.15) is 5.76 Å². The summed E-state index contributed by atoms with van der Waals surface area (Å²) < 4.78 is 0. The molecule has 0 saturated carbocycles. The Morgan fingerprint density at radius 2 is 2.25 bits per heavy atom. The van der Waals surface area contributed by atoms with Gasteiger partial charge in [0.15, 0.2) is 0 Å².